The number of imidazole rings is 1. The standard InChI is InChI=1S/C29H29ClF3N5O4/c1-41-12-13-42-25-11-10-21(16-34-25)38-24-5-3-2-4-23(24)37(28(38)40)17-18-6-8-20(9-7-18)36-27(39)22-14-19(30)15-35-26(22)29(31,32)33/h2-5,10-11,14-16,18,20H,6-9,12-13,17H2,1H3,(H,36,39)/t18-,20-. The average Bonchev–Trinajstić information content (AvgIpc) is 3.24. The normalized spacial score (nSPS) is 17.4. The van der Waals surface area contributed by atoms with Gasteiger partial charge in [-0.2, -0.15) is 13.2 Å². The molecule has 0 radical (unpaired) electrons. The number of para-hydroxylation sites is 2. The molecule has 9 nitrogen and oxygen atoms in total. The number of nitrogens with one attached hydrogen (secondary N) is 1. The third-order valence-corrected chi connectivity index (χ3v) is 7.55. The Hall–Kier alpha value is -3.90. The fourth-order valence-electron chi connectivity index (χ4n) is 5.30. The Morgan fingerprint density at radius 2 is 1.79 bits per heavy atom. The summed E-state index contributed by atoms with van der Waals surface area (Å²) in [6, 6.07) is 11.7. The lowest BCUT2D eigenvalue weighted by Gasteiger charge is -2.29. The lowest BCUT2D eigenvalue weighted by Crippen LogP contribution is -2.39. The zero-order valence-corrected chi connectivity index (χ0v) is 23.5. The van der Waals surface area contributed by atoms with Crippen molar-refractivity contribution in [3.63, 3.8) is 0 Å². The summed E-state index contributed by atoms with van der Waals surface area (Å²) >= 11 is 5.82. The van der Waals surface area contributed by atoms with Crippen LogP contribution in [0.1, 0.15) is 41.7 Å². The Balaban J connectivity index is 1.28. The van der Waals surface area contributed by atoms with Gasteiger partial charge < -0.3 is 14.8 Å². The molecule has 1 saturated carbocycles. The van der Waals surface area contributed by atoms with Crippen LogP contribution in [-0.4, -0.2) is 51.4 Å². The first-order valence-electron chi connectivity index (χ1n) is 13.5. The van der Waals surface area contributed by atoms with Gasteiger partial charge in [0.2, 0.25) is 5.88 Å². The summed E-state index contributed by atoms with van der Waals surface area (Å²) in [6.07, 6.45) is 0.180. The van der Waals surface area contributed by atoms with E-state index in [-0.39, 0.29) is 22.7 Å². The minimum absolute atomic E-state index is 0.0522. The highest BCUT2D eigenvalue weighted by molar-refractivity contribution is 6.30. The van der Waals surface area contributed by atoms with E-state index in [2.05, 4.69) is 15.3 Å². The first-order chi connectivity index (χ1) is 20.2. The third kappa shape index (κ3) is 6.44. The van der Waals surface area contributed by atoms with Crippen LogP contribution >= 0.6 is 11.6 Å². The molecule has 4 aromatic rings. The number of carbonyl (C=O) groups is 1. The van der Waals surface area contributed by atoms with Crippen molar-refractivity contribution in [2.75, 3.05) is 20.3 Å². The molecule has 3 heterocycles. The molecule has 42 heavy (non-hydrogen) atoms. The van der Waals surface area contributed by atoms with Crippen molar-refractivity contribution in [2.45, 2.75) is 44.4 Å². The number of hydrogen-bond donors (Lipinski definition) is 1. The van der Waals surface area contributed by atoms with E-state index in [1.54, 1.807) is 34.6 Å². The Morgan fingerprint density at radius 1 is 1.05 bits per heavy atom. The number of ether oxygens (including phenoxy) is 2. The van der Waals surface area contributed by atoms with Gasteiger partial charge in [-0.3, -0.25) is 13.9 Å². The minimum atomic E-state index is -4.78. The molecule has 3 aromatic heterocycles. The number of nitrogens with zero attached hydrogens (tertiary/aromatic N) is 4. The number of amides is 1. The van der Waals surface area contributed by atoms with Crippen molar-refractivity contribution in [1.29, 1.82) is 0 Å². The number of aromatic nitrogens is 4. The molecule has 13 heteroatoms. The number of pyridine rings is 2. The van der Waals surface area contributed by atoms with Gasteiger partial charge in [0.15, 0.2) is 5.69 Å². The van der Waals surface area contributed by atoms with Crippen LogP contribution in [-0.2, 0) is 17.5 Å². The van der Waals surface area contributed by atoms with Gasteiger partial charge in [-0.05, 0) is 55.9 Å². The summed E-state index contributed by atoms with van der Waals surface area (Å²) < 4.78 is 54.0. The summed E-state index contributed by atoms with van der Waals surface area (Å²) in [5.74, 6) is -0.287. The van der Waals surface area contributed by atoms with Crippen molar-refractivity contribution in [3.8, 4) is 11.6 Å². The number of fused-ring (bicyclic) bond motifs is 1. The van der Waals surface area contributed by atoms with E-state index in [0.717, 1.165) is 23.3 Å². The number of hydrogen-bond acceptors (Lipinski definition) is 6. The maximum Gasteiger partial charge on any atom is 0.434 e. The van der Waals surface area contributed by atoms with E-state index in [1.165, 1.54) is 0 Å². The van der Waals surface area contributed by atoms with Gasteiger partial charge in [0.05, 0.1) is 40.1 Å². The fraction of sp³-hybridized carbons (Fsp3) is 0.379. The van der Waals surface area contributed by atoms with Crippen LogP contribution < -0.4 is 15.7 Å². The second kappa shape index (κ2) is 12.5. The van der Waals surface area contributed by atoms with Gasteiger partial charge in [-0.15, -0.1) is 0 Å². The third-order valence-electron chi connectivity index (χ3n) is 7.34. The molecule has 1 fully saturated rings. The number of carbonyl (C=O) groups excluding carboxylic acids is 1. The number of halogens is 4. The second-order valence-corrected chi connectivity index (χ2v) is 10.6. The molecule has 222 valence electrons. The highest BCUT2D eigenvalue weighted by atomic mass is 35.5. The van der Waals surface area contributed by atoms with Crippen LogP contribution in [0.5, 0.6) is 5.88 Å². The Bertz CT molecular complexity index is 1610. The van der Waals surface area contributed by atoms with Crippen LogP contribution in [0.2, 0.25) is 5.02 Å². The molecule has 1 N–H and O–H groups in total. The van der Waals surface area contributed by atoms with Gasteiger partial charge >= 0.3 is 11.9 Å². The van der Waals surface area contributed by atoms with Gasteiger partial charge in [-0.25, -0.2) is 14.8 Å². The second-order valence-electron chi connectivity index (χ2n) is 10.2. The van der Waals surface area contributed by atoms with Crippen LogP contribution in [0.4, 0.5) is 13.2 Å². The number of methoxy groups -OCH3 is 1. The summed E-state index contributed by atoms with van der Waals surface area (Å²) in [5.41, 5.74) is 0.0713. The largest absolute Gasteiger partial charge is 0.475 e. The van der Waals surface area contributed by atoms with Gasteiger partial charge in [0, 0.05) is 32.0 Å². The summed E-state index contributed by atoms with van der Waals surface area (Å²) in [5, 5.41) is 2.66. The van der Waals surface area contributed by atoms with E-state index in [4.69, 9.17) is 21.1 Å². The first kappa shape index (κ1) is 29.6. The molecule has 5 rings (SSSR count). The van der Waals surface area contributed by atoms with Crippen molar-refractivity contribution >= 4 is 28.5 Å². The highest BCUT2D eigenvalue weighted by Gasteiger charge is 2.38. The van der Waals surface area contributed by atoms with Crippen molar-refractivity contribution < 1.29 is 27.4 Å². The summed E-state index contributed by atoms with van der Waals surface area (Å²) in [7, 11) is 1.59. The van der Waals surface area contributed by atoms with Crippen LogP contribution in [0.15, 0.2) is 59.7 Å². The van der Waals surface area contributed by atoms with Crippen LogP contribution in [0, 0.1) is 5.92 Å². The maximum atomic E-state index is 13.7. The smallest absolute Gasteiger partial charge is 0.434 e. The van der Waals surface area contributed by atoms with Crippen molar-refractivity contribution in [2.24, 2.45) is 5.92 Å². The lowest BCUT2D eigenvalue weighted by atomic mass is 9.85. The predicted molar refractivity (Wildman–Crippen MR) is 150 cm³/mol. The van der Waals surface area contributed by atoms with E-state index in [9.17, 15) is 22.8 Å². The molecule has 1 aliphatic carbocycles. The topological polar surface area (TPSA) is 100 Å². The van der Waals surface area contributed by atoms with Crippen LogP contribution in [0.3, 0.4) is 0 Å². The van der Waals surface area contributed by atoms with E-state index in [1.807, 2.05) is 24.3 Å². The van der Waals surface area contributed by atoms with Gasteiger partial charge in [-0.1, -0.05) is 23.7 Å². The molecule has 0 spiro atoms. The van der Waals surface area contributed by atoms with Crippen molar-refractivity contribution in [3.05, 3.63) is 81.6 Å². The van der Waals surface area contributed by atoms with Crippen molar-refractivity contribution in [1.82, 2.24) is 24.4 Å². The molecular formula is C29H29ClF3N5O4. The van der Waals surface area contributed by atoms with E-state index in [0.29, 0.717) is 57.0 Å². The molecular weight excluding hydrogens is 575 g/mol. The molecule has 1 amide bonds. The van der Waals surface area contributed by atoms with E-state index < -0.39 is 23.3 Å². The van der Waals surface area contributed by atoms with Gasteiger partial charge in [0.25, 0.3) is 5.91 Å². The molecule has 0 saturated heterocycles. The summed E-state index contributed by atoms with van der Waals surface area (Å²) in [4.78, 5) is 34.0. The quantitative estimate of drug-likeness (QED) is 0.262. The van der Waals surface area contributed by atoms with E-state index >= 15 is 0 Å². The first-order valence-corrected chi connectivity index (χ1v) is 13.9. The lowest BCUT2D eigenvalue weighted by molar-refractivity contribution is -0.141. The molecule has 0 atom stereocenters. The minimum Gasteiger partial charge on any atom is -0.475 e. The number of benzene rings is 1. The Morgan fingerprint density at radius 3 is 2.45 bits per heavy atom. The summed E-state index contributed by atoms with van der Waals surface area (Å²) in [6.45, 7) is 1.26. The molecule has 0 bridgehead atoms. The number of rotatable bonds is 9. The zero-order valence-electron chi connectivity index (χ0n) is 22.7. The zero-order chi connectivity index (χ0) is 29.9. The average molecular weight is 604 g/mol. The maximum absolute atomic E-state index is 13.7. The molecule has 1 aromatic carbocycles. The Labute approximate surface area is 244 Å². The fourth-order valence-corrected chi connectivity index (χ4v) is 5.46. The SMILES string of the molecule is COCCOc1ccc(-n2c(=O)n(C[C@H]3CC[C@H](NC(=O)c4cc(Cl)cnc4C(F)(F)F)CC3)c3ccccc32)cn1. The molecule has 1 aliphatic rings. The number of alkyl halides is 3. The van der Waals surface area contributed by atoms with Crippen LogP contribution in [0.25, 0.3) is 16.7 Å². The predicted octanol–water partition coefficient (Wildman–Crippen LogP) is 5.27. The highest BCUT2D eigenvalue weighted by Crippen LogP contribution is 2.32. The van der Waals surface area contributed by atoms with Gasteiger partial charge in [0.1, 0.15) is 6.61 Å². The molecule has 0 unspecified atom stereocenters. The Kier molecular flexibility index (Phi) is 8.83. The monoisotopic (exact) mass is 603 g/mol. The molecule has 0 aliphatic heterocycles.